The van der Waals surface area contributed by atoms with Crippen molar-refractivity contribution in [3.8, 4) is 0 Å². The maximum Gasteiger partial charge on any atom is 0.258 e. The number of carbonyl (C=O) groups excluding carboxylic acids is 1. The molecule has 1 unspecified atom stereocenters. The molecule has 0 bridgehead atoms. The standard InChI is InChI=1S/C13H18N6OS/c1-8(7-19-6-2-5-15-19)16-13-10(11(14)18-21-13)12(20)17-9-3-4-9/h2,5-6,8-9,16H,3-4,7H2,1H3,(H2,14,18)(H,17,20). The molecular weight excluding hydrogens is 288 g/mol. The molecule has 21 heavy (non-hydrogen) atoms. The molecule has 7 nitrogen and oxygen atoms in total. The van der Waals surface area contributed by atoms with Crippen LogP contribution in [0.1, 0.15) is 30.1 Å². The molecule has 0 aromatic carbocycles. The molecule has 1 aliphatic rings. The van der Waals surface area contributed by atoms with E-state index >= 15 is 0 Å². The number of anilines is 2. The lowest BCUT2D eigenvalue weighted by molar-refractivity contribution is 0.0953. The summed E-state index contributed by atoms with van der Waals surface area (Å²) in [6.07, 6.45) is 5.73. The molecule has 8 heteroatoms. The Morgan fingerprint density at radius 1 is 1.62 bits per heavy atom. The molecule has 1 aliphatic carbocycles. The largest absolute Gasteiger partial charge is 0.382 e. The maximum absolute atomic E-state index is 12.2. The Hall–Kier alpha value is -2.09. The van der Waals surface area contributed by atoms with E-state index in [0.717, 1.165) is 12.8 Å². The van der Waals surface area contributed by atoms with Crippen LogP contribution in [-0.2, 0) is 6.54 Å². The van der Waals surface area contributed by atoms with Crippen LogP contribution in [0.3, 0.4) is 0 Å². The van der Waals surface area contributed by atoms with Crippen LogP contribution in [0.15, 0.2) is 18.5 Å². The van der Waals surface area contributed by atoms with Crippen molar-refractivity contribution in [2.24, 2.45) is 0 Å². The zero-order valence-corrected chi connectivity index (χ0v) is 12.6. The summed E-state index contributed by atoms with van der Waals surface area (Å²) in [6, 6.07) is 2.29. The average molecular weight is 306 g/mol. The number of aromatic nitrogens is 3. The quantitative estimate of drug-likeness (QED) is 0.747. The minimum Gasteiger partial charge on any atom is -0.382 e. The number of rotatable bonds is 6. The molecule has 3 rings (SSSR count). The van der Waals surface area contributed by atoms with E-state index in [1.54, 1.807) is 6.20 Å². The minimum absolute atomic E-state index is 0.109. The van der Waals surface area contributed by atoms with Crippen LogP contribution >= 0.6 is 11.5 Å². The fourth-order valence-corrected chi connectivity index (χ4v) is 2.89. The van der Waals surface area contributed by atoms with Gasteiger partial charge < -0.3 is 16.4 Å². The Bertz CT molecular complexity index is 619. The van der Waals surface area contributed by atoms with Crippen molar-refractivity contribution < 1.29 is 4.79 Å². The predicted molar refractivity (Wildman–Crippen MR) is 82.3 cm³/mol. The fraction of sp³-hybridized carbons (Fsp3) is 0.462. The molecule has 1 amide bonds. The number of nitrogens with zero attached hydrogens (tertiary/aromatic N) is 3. The van der Waals surface area contributed by atoms with Gasteiger partial charge in [-0.1, -0.05) is 0 Å². The van der Waals surface area contributed by atoms with E-state index < -0.39 is 0 Å². The number of hydrogen-bond acceptors (Lipinski definition) is 6. The Balaban J connectivity index is 1.68. The van der Waals surface area contributed by atoms with Gasteiger partial charge in [-0.15, -0.1) is 0 Å². The number of hydrogen-bond donors (Lipinski definition) is 3. The number of amides is 1. The van der Waals surface area contributed by atoms with Crippen LogP contribution < -0.4 is 16.4 Å². The summed E-state index contributed by atoms with van der Waals surface area (Å²) >= 11 is 1.22. The van der Waals surface area contributed by atoms with E-state index in [1.165, 1.54) is 11.5 Å². The summed E-state index contributed by atoms with van der Waals surface area (Å²) in [5.74, 6) is 0.143. The van der Waals surface area contributed by atoms with Gasteiger partial charge >= 0.3 is 0 Å². The highest BCUT2D eigenvalue weighted by molar-refractivity contribution is 7.11. The summed E-state index contributed by atoms with van der Waals surface area (Å²) in [6.45, 7) is 2.73. The summed E-state index contributed by atoms with van der Waals surface area (Å²) < 4.78 is 5.93. The van der Waals surface area contributed by atoms with E-state index in [-0.39, 0.29) is 17.8 Å². The topological polar surface area (TPSA) is 97.9 Å². The SMILES string of the molecule is CC(Cn1cccn1)Nc1snc(N)c1C(=O)NC1CC1. The lowest BCUT2D eigenvalue weighted by Crippen LogP contribution is -2.28. The first kappa shape index (κ1) is 13.9. The third-order valence-corrected chi connectivity index (χ3v) is 4.05. The second-order valence-electron chi connectivity index (χ2n) is 5.29. The van der Waals surface area contributed by atoms with Crippen molar-refractivity contribution in [2.75, 3.05) is 11.1 Å². The van der Waals surface area contributed by atoms with Crippen molar-refractivity contribution in [1.29, 1.82) is 0 Å². The van der Waals surface area contributed by atoms with Gasteiger partial charge in [-0.2, -0.15) is 9.47 Å². The van der Waals surface area contributed by atoms with E-state index in [0.29, 0.717) is 23.2 Å². The Kier molecular flexibility index (Phi) is 3.78. The van der Waals surface area contributed by atoms with Crippen LogP contribution in [0.2, 0.25) is 0 Å². The van der Waals surface area contributed by atoms with Gasteiger partial charge in [-0.3, -0.25) is 9.48 Å². The Labute approximate surface area is 126 Å². The average Bonchev–Trinajstić information content (AvgIpc) is 2.95. The van der Waals surface area contributed by atoms with Crippen LogP contribution in [-0.4, -0.2) is 32.1 Å². The van der Waals surface area contributed by atoms with E-state index in [4.69, 9.17) is 5.73 Å². The number of nitrogens with two attached hydrogens (primary N) is 1. The molecule has 0 spiro atoms. The molecule has 4 N–H and O–H groups in total. The summed E-state index contributed by atoms with van der Waals surface area (Å²) in [5.41, 5.74) is 6.29. The summed E-state index contributed by atoms with van der Waals surface area (Å²) in [4.78, 5) is 12.2. The third kappa shape index (κ3) is 3.33. The van der Waals surface area contributed by atoms with Gasteiger partial charge in [0.25, 0.3) is 5.91 Å². The molecule has 0 saturated heterocycles. The van der Waals surface area contributed by atoms with Crippen molar-refractivity contribution >= 4 is 28.3 Å². The molecule has 2 aromatic heterocycles. The normalized spacial score (nSPS) is 15.7. The molecule has 1 saturated carbocycles. The zero-order valence-electron chi connectivity index (χ0n) is 11.7. The van der Waals surface area contributed by atoms with Crippen LogP contribution in [0.25, 0.3) is 0 Å². The van der Waals surface area contributed by atoms with Gasteiger partial charge in [0.05, 0.1) is 6.54 Å². The van der Waals surface area contributed by atoms with Gasteiger partial charge in [0.15, 0.2) is 5.82 Å². The lowest BCUT2D eigenvalue weighted by atomic mass is 10.2. The van der Waals surface area contributed by atoms with Gasteiger partial charge in [0.1, 0.15) is 10.6 Å². The molecule has 1 atom stereocenters. The highest BCUT2D eigenvalue weighted by atomic mass is 32.1. The smallest absolute Gasteiger partial charge is 0.258 e. The fourth-order valence-electron chi connectivity index (χ4n) is 2.06. The number of nitrogen functional groups attached to an aromatic ring is 1. The van der Waals surface area contributed by atoms with E-state index in [9.17, 15) is 4.79 Å². The monoisotopic (exact) mass is 306 g/mol. The molecule has 1 fully saturated rings. The van der Waals surface area contributed by atoms with Crippen molar-refractivity contribution in [3.05, 3.63) is 24.0 Å². The van der Waals surface area contributed by atoms with Gasteiger partial charge in [-0.25, -0.2) is 0 Å². The van der Waals surface area contributed by atoms with Crippen molar-refractivity contribution in [2.45, 2.75) is 38.4 Å². The second kappa shape index (κ2) is 5.72. The zero-order chi connectivity index (χ0) is 14.8. The summed E-state index contributed by atoms with van der Waals surface area (Å²) in [5, 5.41) is 11.1. The van der Waals surface area contributed by atoms with Crippen LogP contribution in [0.5, 0.6) is 0 Å². The molecule has 0 radical (unpaired) electrons. The number of nitrogens with one attached hydrogen (secondary N) is 2. The van der Waals surface area contributed by atoms with E-state index in [1.807, 2.05) is 23.9 Å². The summed E-state index contributed by atoms with van der Waals surface area (Å²) in [7, 11) is 0. The van der Waals surface area contributed by atoms with Gasteiger partial charge in [-0.05, 0) is 37.4 Å². The molecule has 0 aliphatic heterocycles. The predicted octanol–water partition coefficient (Wildman–Crippen LogP) is 1.31. The van der Waals surface area contributed by atoms with Gasteiger partial charge in [0, 0.05) is 24.5 Å². The van der Waals surface area contributed by atoms with E-state index in [2.05, 4.69) is 20.1 Å². The molecular formula is C13H18N6OS. The first-order valence-corrected chi connectivity index (χ1v) is 7.71. The van der Waals surface area contributed by atoms with Crippen molar-refractivity contribution in [1.82, 2.24) is 19.5 Å². The number of carbonyl (C=O) groups is 1. The van der Waals surface area contributed by atoms with Crippen LogP contribution in [0, 0.1) is 0 Å². The minimum atomic E-state index is -0.141. The first-order chi connectivity index (χ1) is 10.1. The first-order valence-electron chi connectivity index (χ1n) is 6.93. The Morgan fingerprint density at radius 3 is 3.10 bits per heavy atom. The lowest BCUT2D eigenvalue weighted by Gasteiger charge is -2.15. The third-order valence-electron chi connectivity index (χ3n) is 3.26. The Morgan fingerprint density at radius 2 is 2.43 bits per heavy atom. The second-order valence-corrected chi connectivity index (χ2v) is 6.07. The van der Waals surface area contributed by atoms with Crippen LogP contribution in [0.4, 0.5) is 10.8 Å². The maximum atomic E-state index is 12.2. The molecule has 2 heterocycles. The molecule has 2 aromatic rings. The van der Waals surface area contributed by atoms with Crippen molar-refractivity contribution in [3.63, 3.8) is 0 Å². The highest BCUT2D eigenvalue weighted by Crippen LogP contribution is 2.29. The highest BCUT2D eigenvalue weighted by Gasteiger charge is 2.27. The van der Waals surface area contributed by atoms with Gasteiger partial charge in [0.2, 0.25) is 0 Å². The molecule has 112 valence electrons.